The summed E-state index contributed by atoms with van der Waals surface area (Å²) in [6.45, 7) is 4.56. The van der Waals surface area contributed by atoms with Gasteiger partial charge in [0.1, 0.15) is 0 Å². The Balaban J connectivity index is 2.21. The van der Waals surface area contributed by atoms with E-state index in [0.717, 1.165) is 23.5 Å². The number of carbonyl (C=O) groups is 1. The van der Waals surface area contributed by atoms with Gasteiger partial charge in [-0.3, -0.25) is 4.79 Å². The number of rotatable bonds is 5. The van der Waals surface area contributed by atoms with Gasteiger partial charge < -0.3 is 10.6 Å². The summed E-state index contributed by atoms with van der Waals surface area (Å²) in [5.41, 5.74) is 3.94. The average molecular weight is 284 g/mol. The second kappa shape index (κ2) is 6.95. The first kappa shape index (κ1) is 15.1. The number of hydrogen-bond acceptors (Lipinski definition) is 4. The summed E-state index contributed by atoms with van der Waals surface area (Å²) in [5, 5.41) is 14.1. The van der Waals surface area contributed by atoms with Crippen LogP contribution in [0.1, 0.15) is 34.2 Å². The highest BCUT2D eigenvalue weighted by molar-refractivity contribution is 6.05. The van der Waals surface area contributed by atoms with Gasteiger partial charge in [-0.05, 0) is 44.2 Å². The largest absolute Gasteiger partial charge is 0.322 e. The smallest absolute Gasteiger partial charge is 0.257 e. The van der Waals surface area contributed by atoms with Crippen molar-refractivity contribution in [3.63, 3.8) is 0 Å². The van der Waals surface area contributed by atoms with E-state index in [1.807, 2.05) is 45.2 Å². The zero-order valence-corrected chi connectivity index (χ0v) is 12.6. The number of hydrogen-bond donors (Lipinski definition) is 2. The zero-order valence-electron chi connectivity index (χ0n) is 12.6. The molecule has 1 aromatic heterocycles. The van der Waals surface area contributed by atoms with Gasteiger partial charge >= 0.3 is 0 Å². The predicted octanol–water partition coefficient (Wildman–Crippen LogP) is 2.32. The second-order valence-corrected chi connectivity index (χ2v) is 4.88. The summed E-state index contributed by atoms with van der Waals surface area (Å²) in [6, 6.07) is 9.56. The molecule has 0 saturated heterocycles. The fourth-order valence-corrected chi connectivity index (χ4v) is 2.13. The maximum Gasteiger partial charge on any atom is 0.257 e. The molecule has 0 aliphatic heterocycles. The Bertz CT molecular complexity index is 640. The van der Waals surface area contributed by atoms with E-state index in [9.17, 15) is 4.79 Å². The van der Waals surface area contributed by atoms with Crippen molar-refractivity contribution in [2.24, 2.45) is 0 Å². The van der Waals surface area contributed by atoms with Crippen molar-refractivity contribution in [3.8, 4) is 0 Å². The Morgan fingerprint density at radius 2 is 2.05 bits per heavy atom. The molecule has 1 amide bonds. The maximum atomic E-state index is 12.4. The van der Waals surface area contributed by atoms with Crippen molar-refractivity contribution in [1.29, 1.82) is 0 Å². The number of nitrogens with zero attached hydrogens (tertiary/aromatic N) is 2. The van der Waals surface area contributed by atoms with Gasteiger partial charge in [-0.15, -0.1) is 0 Å². The highest BCUT2D eigenvalue weighted by atomic mass is 16.1. The van der Waals surface area contributed by atoms with E-state index < -0.39 is 0 Å². The van der Waals surface area contributed by atoms with Gasteiger partial charge in [0.2, 0.25) is 0 Å². The van der Waals surface area contributed by atoms with Crippen molar-refractivity contribution in [1.82, 2.24) is 15.5 Å². The van der Waals surface area contributed by atoms with Gasteiger partial charge in [-0.2, -0.15) is 10.2 Å². The number of anilines is 1. The third-order valence-electron chi connectivity index (χ3n) is 3.14. The standard InChI is InChI=1S/C16H20N4O/c1-4-15-14(8-11(2)19-20-15)16(21)18-13-7-5-6-12(9-13)10-17-3/h5-9,17H,4,10H2,1-3H3,(H,18,21). The van der Waals surface area contributed by atoms with E-state index in [0.29, 0.717) is 17.7 Å². The number of benzene rings is 1. The van der Waals surface area contributed by atoms with Crippen LogP contribution in [0.4, 0.5) is 5.69 Å². The third kappa shape index (κ3) is 3.86. The Morgan fingerprint density at radius 3 is 2.76 bits per heavy atom. The summed E-state index contributed by atoms with van der Waals surface area (Å²) in [5.74, 6) is -0.147. The fourth-order valence-electron chi connectivity index (χ4n) is 2.13. The molecule has 0 aliphatic carbocycles. The van der Waals surface area contributed by atoms with E-state index in [2.05, 4.69) is 20.8 Å². The van der Waals surface area contributed by atoms with E-state index >= 15 is 0 Å². The van der Waals surface area contributed by atoms with Crippen molar-refractivity contribution in [2.75, 3.05) is 12.4 Å². The molecule has 21 heavy (non-hydrogen) atoms. The first-order chi connectivity index (χ1) is 10.1. The van der Waals surface area contributed by atoms with E-state index in [4.69, 9.17) is 0 Å². The zero-order chi connectivity index (χ0) is 15.2. The highest BCUT2D eigenvalue weighted by Crippen LogP contribution is 2.14. The molecule has 0 fully saturated rings. The lowest BCUT2D eigenvalue weighted by molar-refractivity contribution is 0.102. The number of amides is 1. The molecule has 0 bridgehead atoms. The second-order valence-electron chi connectivity index (χ2n) is 4.88. The lowest BCUT2D eigenvalue weighted by Gasteiger charge is -2.10. The van der Waals surface area contributed by atoms with E-state index in [1.54, 1.807) is 6.07 Å². The molecule has 110 valence electrons. The van der Waals surface area contributed by atoms with Gasteiger partial charge in [0.15, 0.2) is 0 Å². The number of nitrogens with one attached hydrogen (secondary N) is 2. The van der Waals surface area contributed by atoms with Crippen LogP contribution >= 0.6 is 0 Å². The van der Waals surface area contributed by atoms with Gasteiger partial charge in [0.05, 0.1) is 17.0 Å². The van der Waals surface area contributed by atoms with Gasteiger partial charge in [0, 0.05) is 12.2 Å². The monoisotopic (exact) mass is 284 g/mol. The van der Waals surface area contributed by atoms with Crippen molar-refractivity contribution in [2.45, 2.75) is 26.8 Å². The first-order valence-electron chi connectivity index (χ1n) is 7.02. The first-order valence-corrected chi connectivity index (χ1v) is 7.02. The summed E-state index contributed by atoms with van der Waals surface area (Å²) in [7, 11) is 1.89. The minimum atomic E-state index is -0.147. The number of carbonyl (C=O) groups excluding carboxylic acids is 1. The van der Waals surface area contributed by atoms with E-state index in [-0.39, 0.29) is 5.91 Å². The van der Waals surface area contributed by atoms with Crippen LogP contribution in [0.3, 0.4) is 0 Å². The Hall–Kier alpha value is -2.27. The van der Waals surface area contributed by atoms with Crippen LogP contribution in [-0.4, -0.2) is 23.2 Å². The Kier molecular flexibility index (Phi) is 5.00. The SMILES string of the molecule is CCc1nnc(C)cc1C(=O)Nc1cccc(CNC)c1. The highest BCUT2D eigenvalue weighted by Gasteiger charge is 2.13. The summed E-state index contributed by atoms with van der Waals surface area (Å²) >= 11 is 0. The van der Waals surface area contributed by atoms with Crippen molar-refractivity contribution in [3.05, 3.63) is 52.8 Å². The quantitative estimate of drug-likeness (QED) is 0.884. The minimum Gasteiger partial charge on any atom is -0.322 e. The maximum absolute atomic E-state index is 12.4. The van der Waals surface area contributed by atoms with Crippen LogP contribution in [0.2, 0.25) is 0 Å². The molecule has 2 rings (SSSR count). The molecule has 1 heterocycles. The predicted molar refractivity (Wildman–Crippen MR) is 83.3 cm³/mol. The molecule has 0 saturated carbocycles. The molecule has 0 spiro atoms. The molecule has 5 nitrogen and oxygen atoms in total. The van der Waals surface area contributed by atoms with Crippen LogP contribution in [0, 0.1) is 6.92 Å². The van der Waals surface area contributed by atoms with Crippen molar-refractivity contribution >= 4 is 11.6 Å². The number of aryl methyl sites for hydroxylation is 2. The van der Waals surface area contributed by atoms with Gasteiger partial charge in [-0.1, -0.05) is 19.1 Å². The summed E-state index contributed by atoms with van der Waals surface area (Å²) in [6.07, 6.45) is 0.676. The molecule has 1 aromatic carbocycles. The average Bonchev–Trinajstić information content (AvgIpc) is 2.48. The molecule has 0 radical (unpaired) electrons. The molecule has 0 aliphatic rings. The molecule has 2 aromatic rings. The minimum absolute atomic E-state index is 0.147. The summed E-state index contributed by atoms with van der Waals surface area (Å²) in [4.78, 5) is 12.4. The lowest BCUT2D eigenvalue weighted by atomic mass is 10.1. The molecule has 2 N–H and O–H groups in total. The molecule has 5 heteroatoms. The third-order valence-corrected chi connectivity index (χ3v) is 3.14. The molecular formula is C16H20N4O. The Labute approximate surface area is 124 Å². The van der Waals surface area contributed by atoms with Gasteiger partial charge in [-0.25, -0.2) is 0 Å². The molecule has 0 unspecified atom stereocenters. The van der Waals surface area contributed by atoms with Crippen LogP contribution in [-0.2, 0) is 13.0 Å². The number of aromatic nitrogens is 2. The van der Waals surface area contributed by atoms with Crippen LogP contribution < -0.4 is 10.6 Å². The topological polar surface area (TPSA) is 66.9 Å². The van der Waals surface area contributed by atoms with Crippen LogP contribution in [0.25, 0.3) is 0 Å². The molecular weight excluding hydrogens is 264 g/mol. The van der Waals surface area contributed by atoms with E-state index in [1.165, 1.54) is 0 Å². The van der Waals surface area contributed by atoms with Crippen LogP contribution in [0.5, 0.6) is 0 Å². The van der Waals surface area contributed by atoms with Crippen LogP contribution in [0.15, 0.2) is 30.3 Å². The normalized spacial score (nSPS) is 10.4. The summed E-state index contributed by atoms with van der Waals surface area (Å²) < 4.78 is 0. The lowest BCUT2D eigenvalue weighted by Crippen LogP contribution is -2.16. The van der Waals surface area contributed by atoms with Crippen molar-refractivity contribution < 1.29 is 4.79 Å². The fraction of sp³-hybridized carbons (Fsp3) is 0.312. The van der Waals surface area contributed by atoms with Gasteiger partial charge in [0.25, 0.3) is 5.91 Å². The molecule has 0 atom stereocenters. The Morgan fingerprint density at radius 1 is 1.24 bits per heavy atom.